The number of benzene rings is 1. The summed E-state index contributed by atoms with van der Waals surface area (Å²) in [6, 6.07) is 9.49. The average Bonchev–Trinajstić information content (AvgIpc) is 2.46. The Bertz CT molecular complexity index is 339. The Kier molecular flexibility index (Phi) is 5.21. The van der Waals surface area contributed by atoms with Crippen molar-refractivity contribution >= 4 is 0 Å². The monoisotopic (exact) mass is 246 g/mol. The summed E-state index contributed by atoms with van der Waals surface area (Å²) >= 11 is 0. The summed E-state index contributed by atoms with van der Waals surface area (Å²) in [4.78, 5) is 0. The van der Waals surface area contributed by atoms with Crippen molar-refractivity contribution in [2.75, 3.05) is 19.6 Å². The Balaban J connectivity index is 1.80. The molecule has 2 rings (SSSR count). The van der Waals surface area contributed by atoms with Gasteiger partial charge in [-0.2, -0.15) is 0 Å². The Morgan fingerprint density at radius 1 is 1.22 bits per heavy atom. The predicted octanol–water partition coefficient (Wildman–Crippen LogP) is 2.90. The molecule has 1 aliphatic rings. The molecule has 0 radical (unpaired) electrons. The van der Waals surface area contributed by atoms with Crippen molar-refractivity contribution in [1.29, 1.82) is 0 Å². The second-order valence-electron chi connectivity index (χ2n) is 5.42. The highest BCUT2D eigenvalue weighted by molar-refractivity contribution is 5.24. The molecule has 0 aliphatic carbocycles. The third-order valence-electron chi connectivity index (χ3n) is 4.06. The SMILES string of the molecule is CCc1ccc(C(C)NCC2CCNCC2)cc1. The molecule has 1 aromatic carbocycles. The quantitative estimate of drug-likeness (QED) is 0.835. The summed E-state index contributed by atoms with van der Waals surface area (Å²) in [7, 11) is 0. The molecule has 0 saturated carbocycles. The van der Waals surface area contributed by atoms with Crippen LogP contribution in [-0.4, -0.2) is 19.6 Å². The Hall–Kier alpha value is -0.860. The Labute approximate surface area is 111 Å². The van der Waals surface area contributed by atoms with Crippen molar-refractivity contribution in [2.45, 2.75) is 39.2 Å². The largest absolute Gasteiger partial charge is 0.317 e. The molecule has 2 nitrogen and oxygen atoms in total. The summed E-state index contributed by atoms with van der Waals surface area (Å²) in [6.07, 6.45) is 3.75. The van der Waals surface area contributed by atoms with Crippen molar-refractivity contribution in [3.8, 4) is 0 Å². The van der Waals surface area contributed by atoms with Gasteiger partial charge in [-0.25, -0.2) is 0 Å². The molecule has 1 saturated heterocycles. The van der Waals surface area contributed by atoms with E-state index >= 15 is 0 Å². The molecular formula is C16H26N2. The van der Waals surface area contributed by atoms with Crippen LogP contribution in [0.1, 0.15) is 43.9 Å². The first-order valence-electron chi connectivity index (χ1n) is 7.32. The van der Waals surface area contributed by atoms with E-state index < -0.39 is 0 Å². The molecule has 100 valence electrons. The van der Waals surface area contributed by atoms with Gasteiger partial charge >= 0.3 is 0 Å². The molecule has 1 unspecified atom stereocenters. The number of hydrogen-bond acceptors (Lipinski definition) is 2. The van der Waals surface area contributed by atoms with E-state index in [0.717, 1.165) is 18.9 Å². The molecule has 1 fully saturated rings. The molecule has 1 atom stereocenters. The number of rotatable bonds is 5. The molecule has 0 aromatic heterocycles. The second-order valence-corrected chi connectivity index (χ2v) is 5.42. The van der Waals surface area contributed by atoms with Gasteiger partial charge in [0.2, 0.25) is 0 Å². The summed E-state index contributed by atoms with van der Waals surface area (Å²) in [5.74, 6) is 0.851. The van der Waals surface area contributed by atoms with Gasteiger partial charge in [0.1, 0.15) is 0 Å². The van der Waals surface area contributed by atoms with E-state index in [1.165, 1.54) is 37.1 Å². The van der Waals surface area contributed by atoms with Gasteiger partial charge in [-0.3, -0.25) is 0 Å². The van der Waals surface area contributed by atoms with Crippen molar-refractivity contribution in [2.24, 2.45) is 5.92 Å². The number of hydrogen-bond donors (Lipinski definition) is 2. The molecule has 0 bridgehead atoms. The summed E-state index contributed by atoms with van der Waals surface area (Å²) in [5, 5.41) is 7.10. The minimum atomic E-state index is 0.464. The third-order valence-corrected chi connectivity index (χ3v) is 4.06. The van der Waals surface area contributed by atoms with Crippen LogP contribution in [0.4, 0.5) is 0 Å². The van der Waals surface area contributed by atoms with Crippen LogP contribution in [0.15, 0.2) is 24.3 Å². The number of piperidine rings is 1. The lowest BCUT2D eigenvalue weighted by atomic mass is 9.97. The van der Waals surface area contributed by atoms with E-state index in [4.69, 9.17) is 0 Å². The minimum Gasteiger partial charge on any atom is -0.317 e. The molecule has 2 N–H and O–H groups in total. The maximum atomic E-state index is 3.68. The van der Waals surface area contributed by atoms with Gasteiger partial charge in [-0.05, 0) is 62.9 Å². The third kappa shape index (κ3) is 3.82. The van der Waals surface area contributed by atoms with Crippen LogP contribution in [0.3, 0.4) is 0 Å². The highest BCUT2D eigenvalue weighted by Crippen LogP contribution is 2.16. The van der Waals surface area contributed by atoms with E-state index in [2.05, 4.69) is 48.7 Å². The standard InChI is InChI=1S/C16H26N2/c1-3-14-4-6-16(7-5-14)13(2)18-12-15-8-10-17-11-9-15/h4-7,13,15,17-18H,3,8-12H2,1-2H3. The molecule has 0 amide bonds. The summed E-state index contributed by atoms with van der Waals surface area (Å²) in [6.45, 7) is 7.99. The molecular weight excluding hydrogens is 220 g/mol. The van der Waals surface area contributed by atoms with E-state index in [-0.39, 0.29) is 0 Å². The highest BCUT2D eigenvalue weighted by atomic mass is 14.9. The highest BCUT2D eigenvalue weighted by Gasteiger charge is 2.14. The van der Waals surface area contributed by atoms with Gasteiger partial charge in [0.15, 0.2) is 0 Å². The van der Waals surface area contributed by atoms with Gasteiger partial charge in [0.25, 0.3) is 0 Å². The van der Waals surface area contributed by atoms with E-state index in [1.54, 1.807) is 0 Å². The van der Waals surface area contributed by atoms with Gasteiger partial charge in [-0.1, -0.05) is 31.2 Å². The Morgan fingerprint density at radius 3 is 2.50 bits per heavy atom. The second kappa shape index (κ2) is 6.91. The maximum absolute atomic E-state index is 3.68. The van der Waals surface area contributed by atoms with Gasteiger partial charge in [0, 0.05) is 6.04 Å². The van der Waals surface area contributed by atoms with Crippen LogP contribution >= 0.6 is 0 Å². The molecule has 1 aliphatic heterocycles. The van der Waals surface area contributed by atoms with E-state index in [1.807, 2.05) is 0 Å². The zero-order valence-electron chi connectivity index (χ0n) is 11.7. The first-order valence-corrected chi connectivity index (χ1v) is 7.32. The van der Waals surface area contributed by atoms with Crippen LogP contribution in [0.2, 0.25) is 0 Å². The van der Waals surface area contributed by atoms with Crippen molar-refractivity contribution < 1.29 is 0 Å². The van der Waals surface area contributed by atoms with Crippen LogP contribution in [0, 0.1) is 5.92 Å². The topological polar surface area (TPSA) is 24.1 Å². The first-order chi connectivity index (χ1) is 8.79. The summed E-state index contributed by atoms with van der Waals surface area (Å²) in [5.41, 5.74) is 2.82. The molecule has 0 spiro atoms. The zero-order chi connectivity index (χ0) is 12.8. The lowest BCUT2D eigenvalue weighted by Crippen LogP contribution is -2.34. The lowest BCUT2D eigenvalue weighted by Gasteiger charge is -2.25. The van der Waals surface area contributed by atoms with E-state index in [0.29, 0.717) is 6.04 Å². The van der Waals surface area contributed by atoms with Gasteiger partial charge < -0.3 is 10.6 Å². The van der Waals surface area contributed by atoms with E-state index in [9.17, 15) is 0 Å². The van der Waals surface area contributed by atoms with Crippen LogP contribution in [0.25, 0.3) is 0 Å². The van der Waals surface area contributed by atoms with Gasteiger partial charge in [-0.15, -0.1) is 0 Å². The summed E-state index contributed by atoms with van der Waals surface area (Å²) < 4.78 is 0. The fraction of sp³-hybridized carbons (Fsp3) is 0.625. The molecule has 1 heterocycles. The van der Waals surface area contributed by atoms with Crippen molar-refractivity contribution in [3.63, 3.8) is 0 Å². The first kappa shape index (κ1) is 13.6. The molecule has 18 heavy (non-hydrogen) atoms. The number of nitrogens with one attached hydrogen (secondary N) is 2. The van der Waals surface area contributed by atoms with Crippen LogP contribution in [-0.2, 0) is 6.42 Å². The number of aryl methyl sites for hydroxylation is 1. The maximum Gasteiger partial charge on any atom is 0.0291 e. The molecule has 2 heteroatoms. The average molecular weight is 246 g/mol. The fourth-order valence-electron chi connectivity index (χ4n) is 2.59. The van der Waals surface area contributed by atoms with Gasteiger partial charge in [0.05, 0.1) is 0 Å². The zero-order valence-corrected chi connectivity index (χ0v) is 11.7. The van der Waals surface area contributed by atoms with Crippen LogP contribution in [0.5, 0.6) is 0 Å². The van der Waals surface area contributed by atoms with Crippen molar-refractivity contribution in [1.82, 2.24) is 10.6 Å². The van der Waals surface area contributed by atoms with Crippen LogP contribution < -0.4 is 10.6 Å². The minimum absolute atomic E-state index is 0.464. The normalized spacial score (nSPS) is 18.8. The lowest BCUT2D eigenvalue weighted by molar-refractivity contribution is 0.345. The predicted molar refractivity (Wildman–Crippen MR) is 77.8 cm³/mol. The smallest absolute Gasteiger partial charge is 0.0291 e. The molecule has 1 aromatic rings. The van der Waals surface area contributed by atoms with Crippen molar-refractivity contribution in [3.05, 3.63) is 35.4 Å². The Morgan fingerprint density at radius 2 is 1.89 bits per heavy atom. The fourth-order valence-corrected chi connectivity index (χ4v) is 2.59.